The first-order chi connectivity index (χ1) is 8.07. The van der Waals surface area contributed by atoms with Crippen LogP contribution in [0.1, 0.15) is 12.5 Å². The number of ether oxygens (including phenoxy) is 2. The van der Waals surface area contributed by atoms with Gasteiger partial charge in [0.1, 0.15) is 0 Å². The van der Waals surface area contributed by atoms with Gasteiger partial charge in [-0.15, -0.1) is 0 Å². The minimum absolute atomic E-state index is 0.223. The molecule has 17 heavy (non-hydrogen) atoms. The summed E-state index contributed by atoms with van der Waals surface area (Å²) in [5.74, 6) is -0.575. The van der Waals surface area contributed by atoms with E-state index in [1.807, 2.05) is 0 Å². The van der Waals surface area contributed by atoms with Crippen LogP contribution in [0, 0.1) is 5.92 Å². The van der Waals surface area contributed by atoms with Crippen molar-refractivity contribution < 1.29 is 9.47 Å². The van der Waals surface area contributed by atoms with Crippen LogP contribution in [0.3, 0.4) is 0 Å². The van der Waals surface area contributed by atoms with Crippen LogP contribution >= 0.6 is 23.2 Å². The maximum Gasteiger partial charge on any atom is 0.209 e. The molecule has 1 heterocycles. The summed E-state index contributed by atoms with van der Waals surface area (Å²) in [5, 5.41) is 1.09. The van der Waals surface area contributed by atoms with E-state index in [1.54, 1.807) is 18.2 Å². The zero-order valence-corrected chi connectivity index (χ0v) is 11.1. The summed E-state index contributed by atoms with van der Waals surface area (Å²) in [6.07, 6.45) is 0. The van der Waals surface area contributed by atoms with Crippen LogP contribution in [0.2, 0.25) is 10.0 Å². The van der Waals surface area contributed by atoms with Crippen molar-refractivity contribution in [1.29, 1.82) is 0 Å². The number of hydrogen-bond donors (Lipinski definition) is 1. The van der Waals surface area contributed by atoms with Crippen molar-refractivity contribution in [2.24, 2.45) is 11.7 Å². The summed E-state index contributed by atoms with van der Waals surface area (Å²) in [6.45, 7) is 3.50. The Morgan fingerprint density at radius 2 is 2.00 bits per heavy atom. The summed E-state index contributed by atoms with van der Waals surface area (Å²) < 4.78 is 11.5. The van der Waals surface area contributed by atoms with Gasteiger partial charge in [-0.2, -0.15) is 0 Å². The van der Waals surface area contributed by atoms with E-state index in [1.165, 1.54) is 0 Å². The average molecular weight is 276 g/mol. The number of rotatable bonds is 2. The molecule has 1 saturated heterocycles. The Labute approximate surface area is 111 Å². The highest BCUT2D eigenvalue weighted by Gasteiger charge is 2.38. The lowest BCUT2D eigenvalue weighted by atomic mass is 10.0. The van der Waals surface area contributed by atoms with Gasteiger partial charge >= 0.3 is 0 Å². The molecule has 0 amide bonds. The van der Waals surface area contributed by atoms with Crippen LogP contribution in [-0.2, 0) is 15.3 Å². The lowest BCUT2D eigenvalue weighted by Gasteiger charge is -2.39. The van der Waals surface area contributed by atoms with Crippen molar-refractivity contribution in [3.8, 4) is 0 Å². The highest BCUT2D eigenvalue weighted by atomic mass is 35.5. The Kier molecular flexibility index (Phi) is 3.95. The third-order valence-electron chi connectivity index (χ3n) is 2.81. The first-order valence-electron chi connectivity index (χ1n) is 5.51. The Morgan fingerprint density at radius 1 is 1.35 bits per heavy atom. The zero-order chi connectivity index (χ0) is 12.5. The quantitative estimate of drug-likeness (QED) is 0.903. The van der Waals surface area contributed by atoms with Crippen LogP contribution in [0.25, 0.3) is 0 Å². The molecule has 5 heteroatoms. The third-order valence-corrected chi connectivity index (χ3v) is 3.36. The van der Waals surface area contributed by atoms with Crippen LogP contribution in [0.4, 0.5) is 0 Å². The maximum absolute atomic E-state index is 6.17. The topological polar surface area (TPSA) is 44.5 Å². The Morgan fingerprint density at radius 3 is 2.53 bits per heavy atom. The molecule has 0 saturated carbocycles. The molecule has 0 radical (unpaired) electrons. The van der Waals surface area contributed by atoms with Crippen molar-refractivity contribution >= 4 is 23.2 Å². The van der Waals surface area contributed by atoms with Crippen LogP contribution < -0.4 is 5.73 Å². The van der Waals surface area contributed by atoms with Gasteiger partial charge in [0.2, 0.25) is 5.79 Å². The van der Waals surface area contributed by atoms with Gasteiger partial charge in [0.15, 0.2) is 0 Å². The van der Waals surface area contributed by atoms with E-state index in [-0.39, 0.29) is 6.54 Å². The fourth-order valence-electron chi connectivity index (χ4n) is 1.83. The summed E-state index contributed by atoms with van der Waals surface area (Å²) in [6, 6.07) is 5.22. The van der Waals surface area contributed by atoms with Crippen molar-refractivity contribution in [2.75, 3.05) is 19.8 Å². The molecule has 1 aliphatic rings. The second kappa shape index (κ2) is 5.12. The van der Waals surface area contributed by atoms with E-state index >= 15 is 0 Å². The minimum Gasteiger partial charge on any atom is -0.344 e. The highest BCUT2D eigenvalue weighted by Crippen LogP contribution is 2.36. The zero-order valence-electron chi connectivity index (χ0n) is 9.58. The van der Waals surface area contributed by atoms with E-state index in [0.29, 0.717) is 29.2 Å². The second-order valence-electron chi connectivity index (χ2n) is 4.31. The van der Waals surface area contributed by atoms with Crippen LogP contribution in [0.15, 0.2) is 18.2 Å². The second-order valence-corrected chi connectivity index (χ2v) is 5.15. The van der Waals surface area contributed by atoms with Gasteiger partial charge < -0.3 is 15.2 Å². The molecule has 0 spiro atoms. The van der Waals surface area contributed by atoms with E-state index in [9.17, 15) is 0 Å². The molecule has 3 nitrogen and oxygen atoms in total. The van der Waals surface area contributed by atoms with Crippen molar-refractivity contribution in [3.63, 3.8) is 0 Å². The van der Waals surface area contributed by atoms with Crippen LogP contribution in [-0.4, -0.2) is 19.8 Å². The monoisotopic (exact) mass is 275 g/mol. The summed E-state index contributed by atoms with van der Waals surface area (Å²) in [5.41, 5.74) is 6.52. The van der Waals surface area contributed by atoms with Crippen LogP contribution in [0.5, 0.6) is 0 Å². The summed E-state index contributed by atoms with van der Waals surface area (Å²) >= 11 is 12.0. The van der Waals surface area contributed by atoms with Gasteiger partial charge in [0.05, 0.1) is 24.8 Å². The molecule has 2 rings (SSSR count). The fourth-order valence-corrected chi connectivity index (χ4v) is 2.38. The first-order valence-corrected chi connectivity index (χ1v) is 6.26. The highest BCUT2D eigenvalue weighted by molar-refractivity contribution is 6.35. The molecule has 0 bridgehead atoms. The predicted molar refractivity (Wildman–Crippen MR) is 68.3 cm³/mol. The SMILES string of the molecule is CC1COC(CN)(c2ccc(Cl)cc2Cl)OC1. The Bertz CT molecular complexity index is 403. The van der Waals surface area contributed by atoms with Gasteiger partial charge in [-0.25, -0.2) is 0 Å². The van der Waals surface area contributed by atoms with Gasteiger partial charge in [0.25, 0.3) is 0 Å². The van der Waals surface area contributed by atoms with Gasteiger partial charge in [-0.05, 0) is 12.1 Å². The molecule has 1 aliphatic heterocycles. The average Bonchev–Trinajstić information content (AvgIpc) is 2.31. The number of nitrogens with two attached hydrogens (primary N) is 1. The number of benzene rings is 1. The largest absolute Gasteiger partial charge is 0.344 e. The van der Waals surface area contributed by atoms with Gasteiger partial charge in [-0.1, -0.05) is 36.2 Å². The molecule has 0 aromatic heterocycles. The predicted octanol–water partition coefficient (Wildman–Crippen LogP) is 2.79. The number of halogens is 2. The standard InChI is InChI=1S/C12H15Cl2NO2/c1-8-5-16-12(7-15,17-6-8)10-3-2-9(13)4-11(10)14/h2-4,8H,5-7,15H2,1H3. The molecular formula is C12H15Cl2NO2. The maximum atomic E-state index is 6.17. The minimum atomic E-state index is -0.936. The first kappa shape index (κ1) is 13.1. The third kappa shape index (κ3) is 2.59. The lowest BCUT2D eigenvalue weighted by Crippen LogP contribution is -2.46. The molecule has 1 fully saturated rings. The molecule has 0 unspecified atom stereocenters. The molecule has 1 aromatic carbocycles. The molecule has 94 valence electrons. The lowest BCUT2D eigenvalue weighted by molar-refractivity contribution is -0.284. The Hall–Kier alpha value is -0.320. The van der Waals surface area contributed by atoms with Crippen molar-refractivity contribution in [2.45, 2.75) is 12.7 Å². The van der Waals surface area contributed by atoms with Gasteiger partial charge in [-0.3, -0.25) is 0 Å². The molecular weight excluding hydrogens is 261 g/mol. The normalized spacial score (nSPS) is 29.3. The molecule has 0 aliphatic carbocycles. The van der Waals surface area contributed by atoms with E-state index < -0.39 is 5.79 Å². The Balaban J connectivity index is 2.34. The summed E-state index contributed by atoms with van der Waals surface area (Å²) in [7, 11) is 0. The van der Waals surface area contributed by atoms with E-state index in [4.69, 9.17) is 38.4 Å². The molecule has 1 aromatic rings. The van der Waals surface area contributed by atoms with E-state index in [2.05, 4.69) is 6.92 Å². The summed E-state index contributed by atoms with van der Waals surface area (Å²) in [4.78, 5) is 0. The molecule has 2 N–H and O–H groups in total. The van der Waals surface area contributed by atoms with Crippen molar-refractivity contribution in [3.05, 3.63) is 33.8 Å². The number of hydrogen-bond acceptors (Lipinski definition) is 3. The van der Waals surface area contributed by atoms with Gasteiger partial charge in [0, 0.05) is 16.5 Å². The smallest absolute Gasteiger partial charge is 0.209 e. The molecule has 0 atom stereocenters. The fraction of sp³-hybridized carbons (Fsp3) is 0.500. The van der Waals surface area contributed by atoms with E-state index in [0.717, 1.165) is 5.56 Å². The van der Waals surface area contributed by atoms with Crippen molar-refractivity contribution in [1.82, 2.24) is 0 Å².